The molecule has 11 nitrogen and oxygen atoms in total. The van der Waals surface area contributed by atoms with Crippen LogP contribution in [0, 0.1) is 23.3 Å². The van der Waals surface area contributed by atoms with Crippen molar-refractivity contribution >= 4 is 35.2 Å². The molecule has 0 bridgehead atoms. The van der Waals surface area contributed by atoms with Crippen molar-refractivity contribution < 1.29 is 87.1 Å². The maximum absolute atomic E-state index is 14.4. The summed E-state index contributed by atoms with van der Waals surface area (Å²) in [6, 6.07) is 25.6. The quantitative estimate of drug-likeness (QED) is 0.0576. The van der Waals surface area contributed by atoms with E-state index in [1.54, 1.807) is 61.5 Å². The van der Waals surface area contributed by atoms with Crippen molar-refractivity contribution in [3.8, 4) is 11.5 Å². The first-order valence-electron chi connectivity index (χ1n) is 19.9. The number of halogens is 10. The maximum atomic E-state index is 14.4. The number of nitrogens with one attached hydrogen (secondary N) is 1. The van der Waals surface area contributed by atoms with E-state index in [2.05, 4.69) is 5.32 Å². The van der Waals surface area contributed by atoms with Crippen molar-refractivity contribution in [1.82, 2.24) is 0 Å². The molecular weight excluding hydrogens is 939 g/mol. The van der Waals surface area contributed by atoms with Gasteiger partial charge in [-0.25, -0.2) is 31.9 Å². The zero-order valence-corrected chi connectivity index (χ0v) is 35.9. The summed E-state index contributed by atoms with van der Waals surface area (Å²) >= 11 is 0. The second-order valence-corrected chi connectivity index (χ2v) is 13.8. The van der Waals surface area contributed by atoms with Gasteiger partial charge >= 0.3 is 30.3 Å². The molecule has 1 amide bonds. The summed E-state index contributed by atoms with van der Waals surface area (Å²) in [5.41, 5.74) is 1.33. The molecule has 6 aromatic rings. The van der Waals surface area contributed by atoms with E-state index in [1.165, 1.54) is 6.92 Å². The molecule has 0 spiro atoms. The van der Waals surface area contributed by atoms with E-state index in [4.69, 9.17) is 29.8 Å². The number of amides is 1. The van der Waals surface area contributed by atoms with E-state index in [1.807, 2.05) is 6.07 Å². The molecule has 0 saturated carbocycles. The van der Waals surface area contributed by atoms with Gasteiger partial charge in [0.05, 0.1) is 29.9 Å². The van der Waals surface area contributed by atoms with Crippen LogP contribution < -0.4 is 20.5 Å². The number of carboxylic acids is 1. The van der Waals surface area contributed by atoms with Crippen molar-refractivity contribution in [2.24, 2.45) is 0 Å². The maximum Gasteiger partial charge on any atom is 0.419 e. The Hall–Kier alpha value is -8.10. The third kappa shape index (κ3) is 15.5. The van der Waals surface area contributed by atoms with Gasteiger partial charge in [0, 0.05) is 16.9 Å². The number of alkyl halides is 6. The normalized spacial score (nSPS) is 10.9. The number of anilines is 2. The molecule has 69 heavy (non-hydrogen) atoms. The Morgan fingerprint density at radius 3 is 1.30 bits per heavy atom. The van der Waals surface area contributed by atoms with Gasteiger partial charge in [-0.05, 0) is 85.6 Å². The van der Waals surface area contributed by atoms with Crippen LogP contribution in [0.5, 0.6) is 11.5 Å². The Bertz CT molecular complexity index is 2710. The second kappa shape index (κ2) is 24.1. The number of carboxylic acid groups (broad SMARTS) is 1. The molecule has 0 radical (unpaired) electrons. The number of hydrogen-bond donors (Lipinski definition) is 3. The van der Waals surface area contributed by atoms with Crippen LogP contribution in [0.1, 0.15) is 77.5 Å². The number of ether oxygens (including phenoxy) is 4. The molecule has 0 unspecified atom stereocenters. The monoisotopic (exact) mass is 976 g/mol. The SMILES string of the molecule is CCOc1ccc(C(=O)Nc2cc(F)c(C(=O)OCc3ccccc3)c(F)c2)cc1C(F)(F)F.CCOc1ccc(C(=O)O)cc1C(F)(F)F.Nc1cc(F)c(C(=O)OCc2ccccc2)c(F)c1. The lowest BCUT2D eigenvalue weighted by Crippen LogP contribution is -2.16. The van der Waals surface area contributed by atoms with Crippen LogP contribution in [0.3, 0.4) is 0 Å². The minimum absolute atomic E-state index is 0.0205. The molecule has 364 valence electrons. The van der Waals surface area contributed by atoms with Crippen LogP contribution in [0.25, 0.3) is 0 Å². The zero-order valence-electron chi connectivity index (χ0n) is 35.9. The Labute approximate surface area is 386 Å². The predicted octanol–water partition coefficient (Wildman–Crippen LogP) is 11.7. The van der Waals surface area contributed by atoms with E-state index in [0.29, 0.717) is 29.8 Å². The number of benzene rings is 6. The first-order valence-corrected chi connectivity index (χ1v) is 19.9. The molecule has 4 N–H and O–H groups in total. The van der Waals surface area contributed by atoms with Gasteiger partial charge in [0.2, 0.25) is 0 Å². The molecular formula is C48H38F10N2O9. The Kier molecular flexibility index (Phi) is 18.7. The van der Waals surface area contributed by atoms with Crippen molar-refractivity contribution in [2.45, 2.75) is 39.4 Å². The van der Waals surface area contributed by atoms with Crippen molar-refractivity contribution in [1.29, 1.82) is 0 Å². The average molecular weight is 977 g/mol. The lowest BCUT2D eigenvalue weighted by atomic mass is 10.1. The van der Waals surface area contributed by atoms with Crippen LogP contribution >= 0.6 is 0 Å². The molecule has 0 aromatic heterocycles. The first-order chi connectivity index (χ1) is 32.5. The van der Waals surface area contributed by atoms with Gasteiger partial charge in [-0.3, -0.25) is 4.79 Å². The van der Waals surface area contributed by atoms with Gasteiger partial charge in [-0.15, -0.1) is 0 Å². The fraction of sp³-hybridized carbons (Fsp3) is 0.167. The molecule has 0 atom stereocenters. The number of carbonyl (C=O) groups excluding carboxylic acids is 3. The number of nitrogen functional groups attached to an aromatic ring is 1. The summed E-state index contributed by atoms with van der Waals surface area (Å²) in [5.74, 6) is -10.3. The van der Waals surface area contributed by atoms with Gasteiger partial charge in [-0.2, -0.15) is 26.3 Å². The number of esters is 2. The number of aromatic carboxylic acids is 1. The molecule has 0 heterocycles. The molecule has 6 rings (SSSR count). The zero-order chi connectivity index (χ0) is 51.1. The number of hydrogen-bond acceptors (Lipinski definition) is 9. The van der Waals surface area contributed by atoms with E-state index < -0.39 is 104 Å². The highest BCUT2D eigenvalue weighted by Gasteiger charge is 2.36. The fourth-order valence-electron chi connectivity index (χ4n) is 5.76. The third-order valence-corrected chi connectivity index (χ3v) is 8.88. The number of nitrogens with two attached hydrogens (primary N) is 1. The van der Waals surface area contributed by atoms with Crippen molar-refractivity contribution in [3.05, 3.63) is 189 Å². The molecule has 0 aliphatic heterocycles. The molecule has 0 aliphatic rings. The Morgan fingerprint density at radius 1 is 0.551 bits per heavy atom. The molecule has 21 heteroatoms. The van der Waals surface area contributed by atoms with Crippen LogP contribution in [0.2, 0.25) is 0 Å². The highest BCUT2D eigenvalue weighted by Crippen LogP contribution is 2.38. The molecule has 0 aliphatic carbocycles. The predicted molar refractivity (Wildman–Crippen MR) is 228 cm³/mol. The van der Waals surface area contributed by atoms with Crippen LogP contribution in [-0.2, 0) is 35.0 Å². The summed E-state index contributed by atoms with van der Waals surface area (Å²) in [5, 5.41) is 10.7. The van der Waals surface area contributed by atoms with E-state index in [0.717, 1.165) is 42.0 Å². The van der Waals surface area contributed by atoms with Gasteiger partial charge in [0.25, 0.3) is 5.91 Å². The smallest absolute Gasteiger partial charge is 0.419 e. The van der Waals surface area contributed by atoms with Gasteiger partial charge in [0.1, 0.15) is 59.1 Å². The minimum Gasteiger partial charge on any atom is -0.493 e. The van der Waals surface area contributed by atoms with E-state index in [-0.39, 0.29) is 37.9 Å². The summed E-state index contributed by atoms with van der Waals surface area (Å²) in [7, 11) is 0. The average Bonchev–Trinajstić information content (AvgIpc) is 3.28. The largest absolute Gasteiger partial charge is 0.493 e. The van der Waals surface area contributed by atoms with Crippen molar-refractivity contribution in [3.63, 3.8) is 0 Å². The highest BCUT2D eigenvalue weighted by molar-refractivity contribution is 6.05. The van der Waals surface area contributed by atoms with Gasteiger partial charge < -0.3 is 35.1 Å². The molecule has 6 aromatic carbocycles. The molecule has 0 fully saturated rings. The second-order valence-electron chi connectivity index (χ2n) is 13.8. The Morgan fingerprint density at radius 2 is 0.928 bits per heavy atom. The summed E-state index contributed by atoms with van der Waals surface area (Å²) < 4.78 is 153. The van der Waals surface area contributed by atoms with Gasteiger partial charge in [0.15, 0.2) is 0 Å². The van der Waals surface area contributed by atoms with E-state index >= 15 is 0 Å². The summed E-state index contributed by atoms with van der Waals surface area (Å²) in [6.07, 6.45) is -9.42. The summed E-state index contributed by atoms with van der Waals surface area (Å²) in [6.45, 7) is 2.85. The van der Waals surface area contributed by atoms with E-state index in [9.17, 15) is 63.1 Å². The lowest BCUT2D eigenvalue weighted by Gasteiger charge is -2.15. The fourth-order valence-corrected chi connectivity index (χ4v) is 5.76. The number of rotatable bonds is 13. The van der Waals surface area contributed by atoms with Gasteiger partial charge in [-0.1, -0.05) is 60.7 Å². The third-order valence-electron chi connectivity index (χ3n) is 8.88. The topological polar surface area (TPSA) is 163 Å². The Balaban J connectivity index is 0.000000249. The van der Waals surface area contributed by atoms with Crippen LogP contribution in [0.4, 0.5) is 55.3 Å². The standard InChI is InChI=1S/C24H18F5NO4.C14H11F2NO2.C10H9F3O3/c1-2-33-20-9-8-15(10-17(20)24(27,28)29)22(31)30-16-11-18(25)21(19(26)12-16)23(32)34-13-14-6-4-3-5-7-14;15-11-6-10(17)7-12(16)13(11)14(18)19-8-9-4-2-1-3-5-9;1-2-16-8-4-3-6(9(14)15)5-7(8)10(11,12)13/h3-12H,2,13H2,1H3,(H,30,31);1-7H,8,17H2;3-5H,2H2,1H3,(H,14,15). The van der Waals surface area contributed by atoms with Crippen molar-refractivity contribution in [2.75, 3.05) is 24.3 Å². The van der Waals surface area contributed by atoms with Crippen LogP contribution in [-0.4, -0.2) is 42.1 Å². The summed E-state index contributed by atoms with van der Waals surface area (Å²) in [4.78, 5) is 46.7. The molecule has 0 saturated heterocycles. The minimum atomic E-state index is -4.79. The highest BCUT2D eigenvalue weighted by atomic mass is 19.4. The number of carbonyl (C=O) groups is 4. The first kappa shape index (κ1) is 53.5. The lowest BCUT2D eigenvalue weighted by molar-refractivity contribution is -0.139. The van der Waals surface area contributed by atoms with Crippen LogP contribution in [0.15, 0.2) is 121 Å².